The van der Waals surface area contributed by atoms with Crippen LogP contribution in [0.4, 0.5) is 5.69 Å². The van der Waals surface area contributed by atoms with Crippen LogP contribution >= 0.6 is 35.0 Å². The molecule has 0 radical (unpaired) electrons. The van der Waals surface area contributed by atoms with Crippen LogP contribution in [0.25, 0.3) is 17.4 Å². The van der Waals surface area contributed by atoms with Crippen molar-refractivity contribution in [3.8, 4) is 11.3 Å². The molecule has 1 saturated heterocycles. The van der Waals surface area contributed by atoms with E-state index in [1.54, 1.807) is 18.2 Å². The lowest BCUT2D eigenvalue weighted by atomic mass is 10.1. The third-order valence-electron chi connectivity index (χ3n) is 4.09. The van der Waals surface area contributed by atoms with Crippen LogP contribution in [0.15, 0.2) is 68.9 Å². The number of hydrogen-bond donors (Lipinski definition) is 1. The normalized spacial score (nSPS) is 16.8. The quantitative estimate of drug-likeness (QED) is 0.487. The predicted molar refractivity (Wildman–Crippen MR) is 116 cm³/mol. The smallest absolute Gasteiger partial charge is 0.264 e. The number of aryl methyl sites for hydroxylation is 1. The van der Waals surface area contributed by atoms with Gasteiger partial charge in [-0.15, -0.1) is 0 Å². The zero-order valence-electron chi connectivity index (χ0n) is 14.7. The first-order chi connectivity index (χ1) is 13.5. The van der Waals surface area contributed by atoms with Crippen LogP contribution in [-0.2, 0) is 4.79 Å². The summed E-state index contributed by atoms with van der Waals surface area (Å²) in [5, 5.41) is 4.38. The first kappa shape index (κ1) is 18.9. The Morgan fingerprint density at radius 1 is 1.11 bits per heavy atom. The van der Waals surface area contributed by atoms with Crippen molar-refractivity contribution < 1.29 is 9.21 Å². The molecular weight excluding hydrogens is 415 g/mol. The Balaban J connectivity index is 1.58. The monoisotopic (exact) mass is 428 g/mol. The number of para-hydroxylation sites is 1. The fraction of sp³-hybridized carbons (Fsp3) is 0.0476. The van der Waals surface area contributed by atoms with E-state index in [0.717, 1.165) is 11.1 Å². The maximum absolute atomic E-state index is 12.3. The molecule has 0 saturated carbocycles. The number of carbonyl (C=O) groups is 1. The number of benzene rings is 2. The number of halogens is 2. The van der Waals surface area contributed by atoms with Crippen LogP contribution in [0.3, 0.4) is 0 Å². The SMILES string of the molecule is Cc1ccc(Cl)cc1-c1ccc(C=C2SC(=Nc3ccccc3Cl)NC2=O)o1. The Bertz CT molecular complexity index is 1130. The van der Waals surface area contributed by atoms with E-state index in [1.165, 1.54) is 11.8 Å². The second kappa shape index (κ2) is 7.87. The lowest BCUT2D eigenvalue weighted by Crippen LogP contribution is -2.19. The first-order valence-electron chi connectivity index (χ1n) is 8.40. The Morgan fingerprint density at radius 2 is 1.93 bits per heavy atom. The zero-order chi connectivity index (χ0) is 19.7. The van der Waals surface area contributed by atoms with E-state index in [1.807, 2.05) is 49.4 Å². The molecule has 2 heterocycles. The third-order valence-corrected chi connectivity index (χ3v) is 5.56. The summed E-state index contributed by atoms with van der Waals surface area (Å²) in [4.78, 5) is 17.2. The molecule has 1 fully saturated rings. The number of hydrogen-bond acceptors (Lipinski definition) is 4. The molecule has 0 aliphatic carbocycles. The van der Waals surface area contributed by atoms with Gasteiger partial charge < -0.3 is 9.73 Å². The number of thioether (sulfide) groups is 1. The highest BCUT2D eigenvalue weighted by Gasteiger charge is 2.24. The number of amides is 1. The van der Waals surface area contributed by atoms with Gasteiger partial charge in [0.05, 0.1) is 15.6 Å². The number of furan rings is 1. The molecule has 0 bridgehead atoms. The average Bonchev–Trinajstić information content (AvgIpc) is 3.26. The minimum Gasteiger partial charge on any atom is -0.457 e. The number of nitrogens with zero attached hydrogens (tertiary/aromatic N) is 1. The van der Waals surface area contributed by atoms with E-state index in [2.05, 4.69) is 10.3 Å². The van der Waals surface area contributed by atoms with Gasteiger partial charge in [-0.05, 0) is 60.6 Å². The molecule has 1 aliphatic rings. The van der Waals surface area contributed by atoms with Gasteiger partial charge in [-0.1, -0.05) is 41.4 Å². The van der Waals surface area contributed by atoms with Gasteiger partial charge in [-0.2, -0.15) is 0 Å². The summed E-state index contributed by atoms with van der Waals surface area (Å²) >= 11 is 13.5. The van der Waals surface area contributed by atoms with Crippen LogP contribution in [-0.4, -0.2) is 11.1 Å². The molecule has 1 N–H and O–H groups in total. The molecule has 0 unspecified atom stereocenters. The van der Waals surface area contributed by atoms with Crippen LogP contribution in [0, 0.1) is 6.92 Å². The Hall–Kier alpha value is -2.47. The number of amidine groups is 1. The van der Waals surface area contributed by atoms with Crippen molar-refractivity contribution in [1.82, 2.24) is 5.32 Å². The van der Waals surface area contributed by atoms with Crippen molar-refractivity contribution in [2.24, 2.45) is 4.99 Å². The fourth-order valence-electron chi connectivity index (χ4n) is 2.70. The van der Waals surface area contributed by atoms with Crippen LogP contribution in [0.1, 0.15) is 11.3 Å². The molecule has 1 aromatic heterocycles. The van der Waals surface area contributed by atoms with Gasteiger partial charge >= 0.3 is 0 Å². The number of rotatable bonds is 3. The summed E-state index contributed by atoms with van der Waals surface area (Å²) in [6.07, 6.45) is 1.69. The summed E-state index contributed by atoms with van der Waals surface area (Å²) in [7, 11) is 0. The molecule has 140 valence electrons. The zero-order valence-corrected chi connectivity index (χ0v) is 17.0. The molecule has 0 atom stereocenters. The largest absolute Gasteiger partial charge is 0.457 e. The van der Waals surface area contributed by atoms with E-state index in [4.69, 9.17) is 27.6 Å². The van der Waals surface area contributed by atoms with Crippen molar-refractivity contribution in [2.75, 3.05) is 0 Å². The van der Waals surface area contributed by atoms with Crippen LogP contribution in [0.5, 0.6) is 0 Å². The van der Waals surface area contributed by atoms with Gasteiger partial charge in [-0.25, -0.2) is 4.99 Å². The second-order valence-corrected chi connectivity index (χ2v) is 7.97. The number of nitrogens with one attached hydrogen (secondary N) is 1. The molecule has 2 aromatic carbocycles. The molecule has 28 heavy (non-hydrogen) atoms. The summed E-state index contributed by atoms with van der Waals surface area (Å²) in [6, 6.07) is 16.5. The van der Waals surface area contributed by atoms with Crippen molar-refractivity contribution in [2.45, 2.75) is 6.92 Å². The Labute approximate surface area is 176 Å². The van der Waals surface area contributed by atoms with E-state index in [9.17, 15) is 4.79 Å². The Morgan fingerprint density at radius 3 is 2.75 bits per heavy atom. The molecule has 4 nitrogen and oxygen atoms in total. The topological polar surface area (TPSA) is 54.6 Å². The highest BCUT2D eigenvalue weighted by molar-refractivity contribution is 8.18. The van der Waals surface area contributed by atoms with Gasteiger partial charge in [0, 0.05) is 16.7 Å². The molecule has 1 aliphatic heterocycles. The lowest BCUT2D eigenvalue weighted by Gasteiger charge is -2.02. The van der Waals surface area contributed by atoms with Crippen molar-refractivity contribution in [3.63, 3.8) is 0 Å². The minimum atomic E-state index is -0.229. The van der Waals surface area contributed by atoms with Gasteiger partial charge in [0.1, 0.15) is 11.5 Å². The molecule has 0 spiro atoms. The standard InChI is InChI=1S/C21H14Cl2N2O2S/c1-12-6-7-13(22)10-15(12)18-9-8-14(27-18)11-19-20(26)25-21(28-19)24-17-5-3-2-4-16(17)23/h2-11H,1H3,(H,24,25,26). The van der Waals surface area contributed by atoms with Gasteiger partial charge in [0.2, 0.25) is 0 Å². The minimum absolute atomic E-state index is 0.229. The second-order valence-electron chi connectivity index (χ2n) is 6.09. The van der Waals surface area contributed by atoms with E-state index in [-0.39, 0.29) is 5.91 Å². The average molecular weight is 429 g/mol. The molecule has 1 amide bonds. The molecule has 3 aromatic rings. The van der Waals surface area contributed by atoms with Crippen molar-refractivity contribution >= 4 is 57.8 Å². The van der Waals surface area contributed by atoms with E-state index >= 15 is 0 Å². The Kier molecular flexibility index (Phi) is 5.31. The van der Waals surface area contributed by atoms with E-state index < -0.39 is 0 Å². The lowest BCUT2D eigenvalue weighted by molar-refractivity contribution is -0.115. The highest BCUT2D eigenvalue weighted by Crippen LogP contribution is 2.33. The van der Waals surface area contributed by atoms with Crippen LogP contribution < -0.4 is 5.32 Å². The predicted octanol–water partition coefficient (Wildman–Crippen LogP) is 6.45. The van der Waals surface area contributed by atoms with Gasteiger partial charge in [0.25, 0.3) is 5.91 Å². The van der Waals surface area contributed by atoms with Crippen LogP contribution in [0.2, 0.25) is 10.0 Å². The summed E-state index contributed by atoms with van der Waals surface area (Å²) in [5.41, 5.74) is 2.58. The summed E-state index contributed by atoms with van der Waals surface area (Å²) in [5.74, 6) is 1.04. The first-order valence-corrected chi connectivity index (χ1v) is 9.97. The van der Waals surface area contributed by atoms with E-state index in [0.29, 0.717) is 37.3 Å². The van der Waals surface area contributed by atoms with Crippen molar-refractivity contribution in [3.05, 3.63) is 80.9 Å². The number of aliphatic imine (C=N–C) groups is 1. The molecular formula is C21H14Cl2N2O2S. The fourth-order valence-corrected chi connectivity index (χ4v) is 3.86. The summed E-state index contributed by atoms with van der Waals surface area (Å²) in [6.45, 7) is 1.99. The maximum Gasteiger partial charge on any atom is 0.264 e. The third kappa shape index (κ3) is 4.02. The van der Waals surface area contributed by atoms with Crippen molar-refractivity contribution in [1.29, 1.82) is 0 Å². The maximum atomic E-state index is 12.3. The summed E-state index contributed by atoms with van der Waals surface area (Å²) < 4.78 is 5.90. The highest BCUT2D eigenvalue weighted by atomic mass is 35.5. The number of carbonyl (C=O) groups excluding carboxylic acids is 1. The molecule has 7 heteroatoms. The van der Waals surface area contributed by atoms with Gasteiger partial charge in [0.15, 0.2) is 5.17 Å². The van der Waals surface area contributed by atoms with Gasteiger partial charge in [-0.3, -0.25) is 4.79 Å². The molecule has 4 rings (SSSR count).